The average Bonchev–Trinajstić information content (AvgIpc) is 2.33. The Labute approximate surface area is 111 Å². The molecule has 0 aromatic heterocycles. The van der Waals surface area contributed by atoms with Crippen LogP contribution in [0.4, 0.5) is 0 Å². The predicted octanol–water partition coefficient (Wildman–Crippen LogP) is 1.70. The molecule has 2 atom stereocenters. The largest absolute Gasteiger partial charge is 0.379 e. The molecule has 0 aromatic carbocycles. The fourth-order valence-electron chi connectivity index (χ4n) is 2.29. The summed E-state index contributed by atoms with van der Waals surface area (Å²) in [6.07, 6.45) is 4.42. The number of piperidine rings is 1. The lowest BCUT2D eigenvalue weighted by atomic mass is 9.91. The Kier molecular flexibility index (Phi) is 7.28. The van der Waals surface area contributed by atoms with E-state index in [1.807, 2.05) is 13.8 Å². The van der Waals surface area contributed by atoms with Crippen molar-refractivity contribution < 1.29 is 9.53 Å². The van der Waals surface area contributed by atoms with Gasteiger partial charge in [-0.25, -0.2) is 0 Å². The first kappa shape index (κ1) is 15.4. The van der Waals surface area contributed by atoms with Crippen LogP contribution < -0.4 is 10.6 Å². The molecular weight excluding hydrogens is 228 g/mol. The zero-order valence-electron chi connectivity index (χ0n) is 12.0. The van der Waals surface area contributed by atoms with Gasteiger partial charge in [0.2, 0.25) is 5.91 Å². The molecule has 0 radical (unpaired) electrons. The summed E-state index contributed by atoms with van der Waals surface area (Å²) in [4.78, 5) is 12.0. The highest BCUT2D eigenvalue weighted by Gasteiger charge is 2.26. The van der Waals surface area contributed by atoms with Gasteiger partial charge in [0.15, 0.2) is 0 Å². The van der Waals surface area contributed by atoms with E-state index in [1.165, 1.54) is 0 Å². The van der Waals surface area contributed by atoms with Gasteiger partial charge in [-0.3, -0.25) is 4.79 Å². The highest BCUT2D eigenvalue weighted by atomic mass is 16.5. The van der Waals surface area contributed by atoms with Gasteiger partial charge in [-0.1, -0.05) is 0 Å². The van der Waals surface area contributed by atoms with Crippen LogP contribution in [0.25, 0.3) is 0 Å². The summed E-state index contributed by atoms with van der Waals surface area (Å²) in [5, 5.41) is 6.39. The van der Waals surface area contributed by atoms with Gasteiger partial charge in [-0.2, -0.15) is 0 Å². The van der Waals surface area contributed by atoms with E-state index in [0.29, 0.717) is 12.1 Å². The number of carbonyl (C=O) groups is 1. The van der Waals surface area contributed by atoms with Crippen molar-refractivity contribution in [2.45, 2.75) is 58.6 Å². The van der Waals surface area contributed by atoms with Crippen LogP contribution in [-0.4, -0.2) is 37.7 Å². The van der Waals surface area contributed by atoms with Crippen LogP contribution in [0.3, 0.4) is 0 Å². The van der Waals surface area contributed by atoms with Crippen molar-refractivity contribution in [1.82, 2.24) is 10.6 Å². The van der Waals surface area contributed by atoms with E-state index < -0.39 is 0 Å². The molecule has 1 saturated heterocycles. The zero-order valence-corrected chi connectivity index (χ0v) is 12.0. The Hall–Kier alpha value is -0.610. The molecule has 0 saturated carbocycles. The van der Waals surface area contributed by atoms with Crippen LogP contribution in [0.5, 0.6) is 0 Å². The Morgan fingerprint density at radius 3 is 2.89 bits per heavy atom. The first-order valence-electron chi connectivity index (χ1n) is 7.24. The topological polar surface area (TPSA) is 50.4 Å². The highest BCUT2D eigenvalue weighted by molar-refractivity contribution is 5.79. The summed E-state index contributed by atoms with van der Waals surface area (Å²) in [5.74, 6) is 0.352. The second kappa shape index (κ2) is 8.48. The maximum atomic E-state index is 12.0. The molecule has 0 aliphatic carbocycles. The quantitative estimate of drug-likeness (QED) is 0.682. The third-order valence-electron chi connectivity index (χ3n) is 3.42. The van der Waals surface area contributed by atoms with Crippen LogP contribution in [0.2, 0.25) is 0 Å². The van der Waals surface area contributed by atoms with E-state index in [0.717, 1.165) is 45.4 Å². The molecule has 0 aromatic rings. The van der Waals surface area contributed by atoms with Crippen molar-refractivity contribution in [1.29, 1.82) is 0 Å². The van der Waals surface area contributed by atoms with Crippen LogP contribution in [-0.2, 0) is 9.53 Å². The lowest BCUT2D eigenvalue weighted by Gasteiger charge is -2.28. The minimum absolute atomic E-state index is 0.144. The molecule has 18 heavy (non-hydrogen) atoms. The average molecular weight is 256 g/mol. The first-order chi connectivity index (χ1) is 8.61. The molecule has 1 amide bonds. The predicted molar refractivity (Wildman–Crippen MR) is 73.5 cm³/mol. The van der Waals surface area contributed by atoms with Gasteiger partial charge < -0.3 is 15.4 Å². The van der Waals surface area contributed by atoms with Gasteiger partial charge in [-0.15, -0.1) is 0 Å². The number of unbranched alkanes of at least 4 members (excludes halogenated alkanes) is 1. The fourth-order valence-corrected chi connectivity index (χ4v) is 2.29. The number of hydrogen-bond acceptors (Lipinski definition) is 3. The first-order valence-corrected chi connectivity index (χ1v) is 7.24. The second-order valence-corrected chi connectivity index (χ2v) is 5.41. The van der Waals surface area contributed by atoms with Gasteiger partial charge in [-0.05, 0) is 53.0 Å². The number of amides is 1. The van der Waals surface area contributed by atoms with E-state index in [2.05, 4.69) is 17.6 Å². The van der Waals surface area contributed by atoms with Crippen LogP contribution in [0.15, 0.2) is 0 Å². The number of ether oxygens (including phenoxy) is 1. The van der Waals surface area contributed by atoms with E-state index in [9.17, 15) is 4.79 Å². The van der Waals surface area contributed by atoms with Gasteiger partial charge in [0.1, 0.15) is 0 Å². The van der Waals surface area contributed by atoms with Gasteiger partial charge in [0.05, 0.1) is 12.0 Å². The maximum Gasteiger partial charge on any atom is 0.224 e. The molecule has 2 unspecified atom stereocenters. The zero-order chi connectivity index (χ0) is 13.4. The van der Waals surface area contributed by atoms with E-state index in [-0.39, 0.29) is 11.8 Å². The Bertz CT molecular complexity index is 244. The number of nitrogens with one attached hydrogen (secondary N) is 2. The fraction of sp³-hybridized carbons (Fsp3) is 0.929. The van der Waals surface area contributed by atoms with Crippen LogP contribution in [0.1, 0.15) is 46.5 Å². The van der Waals surface area contributed by atoms with Crippen molar-refractivity contribution in [2.75, 3.05) is 19.7 Å². The van der Waals surface area contributed by atoms with Crippen molar-refractivity contribution in [3.8, 4) is 0 Å². The summed E-state index contributed by atoms with van der Waals surface area (Å²) in [5.41, 5.74) is 0. The summed E-state index contributed by atoms with van der Waals surface area (Å²) < 4.78 is 5.46. The van der Waals surface area contributed by atoms with Gasteiger partial charge >= 0.3 is 0 Å². The standard InChI is InChI=1S/C14H28N2O2/c1-11(2)18-10-5-4-8-16-14(17)13-7-6-9-15-12(13)3/h11-13,15H,4-10H2,1-3H3,(H,16,17). The molecular formula is C14H28N2O2. The monoisotopic (exact) mass is 256 g/mol. The maximum absolute atomic E-state index is 12.0. The second-order valence-electron chi connectivity index (χ2n) is 5.41. The lowest BCUT2D eigenvalue weighted by Crippen LogP contribution is -2.46. The molecule has 1 aliphatic heterocycles. The van der Waals surface area contributed by atoms with E-state index >= 15 is 0 Å². The van der Waals surface area contributed by atoms with Crippen molar-refractivity contribution in [3.63, 3.8) is 0 Å². The molecule has 1 heterocycles. The van der Waals surface area contributed by atoms with Crippen molar-refractivity contribution in [2.24, 2.45) is 5.92 Å². The third kappa shape index (κ3) is 5.83. The summed E-state index contributed by atoms with van der Waals surface area (Å²) in [6, 6.07) is 0.308. The molecule has 2 N–H and O–H groups in total. The Morgan fingerprint density at radius 2 is 2.22 bits per heavy atom. The summed E-state index contributed by atoms with van der Waals surface area (Å²) in [6.45, 7) is 8.77. The van der Waals surface area contributed by atoms with Crippen molar-refractivity contribution in [3.05, 3.63) is 0 Å². The van der Waals surface area contributed by atoms with Gasteiger partial charge in [0.25, 0.3) is 0 Å². The molecule has 0 bridgehead atoms. The molecule has 106 valence electrons. The van der Waals surface area contributed by atoms with E-state index in [1.54, 1.807) is 0 Å². The highest BCUT2D eigenvalue weighted by Crippen LogP contribution is 2.16. The normalized spacial score (nSPS) is 24.2. The SMILES string of the molecule is CC(C)OCCCCNC(=O)C1CCCNC1C. The summed E-state index contributed by atoms with van der Waals surface area (Å²) in [7, 11) is 0. The Morgan fingerprint density at radius 1 is 1.44 bits per heavy atom. The number of rotatable bonds is 7. The molecule has 0 spiro atoms. The lowest BCUT2D eigenvalue weighted by molar-refractivity contribution is -0.126. The Balaban J connectivity index is 2.06. The number of hydrogen-bond donors (Lipinski definition) is 2. The summed E-state index contributed by atoms with van der Waals surface area (Å²) >= 11 is 0. The van der Waals surface area contributed by atoms with Crippen molar-refractivity contribution >= 4 is 5.91 Å². The van der Waals surface area contributed by atoms with Crippen LogP contribution in [0, 0.1) is 5.92 Å². The molecule has 4 nitrogen and oxygen atoms in total. The minimum atomic E-state index is 0.144. The minimum Gasteiger partial charge on any atom is -0.379 e. The van der Waals surface area contributed by atoms with E-state index in [4.69, 9.17) is 4.74 Å². The molecule has 1 aliphatic rings. The molecule has 1 fully saturated rings. The van der Waals surface area contributed by atoms with Crippen LogP contribution >= 0.6 is 0 Å². The molecule has 1 rings (SSSR count). The third-order valence-corrected chi connectivity index (χ3v) is 3.42. The number of carbonyl (C=O) groups excluding carboxylic acids is 1. The van der Waals surface area contributed by atoms with Gasteiger partial charge in [0, 0.05) is 19.2 Å². The molecule has 4 heteroatoms. The smallest absolute Gasteiger partial charge is 0.224 e.